The van der Waals surface area contributed by atoms with E-state index in [4.69, 9.17) is 4.74 Å². The quantitative estimate of drug-likeness (QED) is 0.0638. The Kier molecular flexibility index (Phi) is 23.2. The van der Waals surface area contributed by atoms with Gasteiger partial charge in [-0.15, -0.1) is 0 Å². The highest BCUT2D eigenvalue weighted by Crippen LogP contribution is 2.45. The third-order valence-corrected chi connectivity index (χ3v) is 8.64. The van der Waals surface area contributed by atoms with Crippen LogP contribution in [-0.2, 0) is 12.8 Å². The maximum atomic E-state index is 12.3. The van der Waals surface area contributed by atoms with Gasteiger partial charge in [0, 0.05) is 5.56 Å². The molecule has 0 heterocycles. The van der Waals surface area contributed by atoms with E-state index in [0.717, 1.165) is 50.5 Å². The average Bonchev–Trinajstić information content (AvgIpc) is 2.97. The largest absolute Gasteiger partial charge is 0.504 e. The molecule has 5 nitrogen and oxygen atoms in total. The summed E-state index contributed by atoms with van der Waals surface area (Å²) in [6.45, 7) is 7.16. The van der Waals surface area contributed by atoms with Crippen molar-refractivity contribution in [2.75, 3.05) is 6.61 Å². The van der Waals surface area contributed by atoms with Gasteiger partial charge in [-0.05, 0) is 37.7 Å². The Bertz CT molecular complexity index is 819. The number of aromatic carboxylic acids is 1. The Morgan fingerprint density at radius 3 is 1.26 bits per heavy atom. The summed E-state index contributed by atoms with van der Waals surface area (Å²) in [6.07, 6.45) is 29.7. The van der Waals surface area contributed by atoms with Gasteiger partial charge in [0.2, 0.25) is 5.75 Å². The third kappa shape index (κ3) is 16.1. The number of hydrogen-bond acceptors (Lipinski definition) is 4. The van der Waals surface area contributed by atoms with E-state index in [1.165, 1.54) is 109 Å². The highest BCUT2D eigenvalue weighted by Gasteiger charge is 2.28. The Balaban J connectivity index is 2.93. The number of carboxylic acids is 1. The molecule has 1 aromatic rings. The number of unbranched alkanes of at least 4 members (excludes halogenated alkanes) is 21. The van der Waals surface area contributed by atoms with Crippen molar-refractivity contribution in [2.24, 2.45) is 0 Å². The molecule has 3 N–H and O–H groups in total. The average molecular weight is 591 g/mol. The molecule has 0 aromatic heterocycles. The van der Waals surface area contributed by atoms with Crippen LogP contribution >= 0.6 is 0 Å². The van der Waals surface area contributed by atoms with Gasteiger partial charge < -0.3 is 20.1 Å². The molecule has 0 bridgehead atoms. The van der Waals surface area contributed by atoms with Crippen molar-refractivity contribution < 1.29 is 24.9 Å². The number of rotatable bonds is 29. The number of aromatic hydroxyl groups is 2. The normalized spacial score (nSPS) is 11.3. The predicted octanol–water partition coefficient (Wildman–Crippen LogP) is 11.7. The number of ether oxygens (including phenoxy) is 1. The maximum absolute atomic E-state index is 12.3. The lowest BCUT2D eigenvalue weighted by Crippen LogP contribution is -2.11. The lowest BCUT2D eigenvalue weighted by Gasteiger charge is -2.21. The van der Waals surface area contributed by atoms with Crippen molar-refractivity contribution in [3.63, 3.8) is 0 Å². The van der Waals surface area contributed by atoms with E-state index in [9.17, 15) is 20.1 Å². The highest BCUT2D eigenvalue weighted by atomic mass is 16.5. The van der Waals surface area contributed by atoms with Crippen molar-refractivity contribution in [1.29, 1.82) is 0 Å². The first-order valence-electron chi connectivity index (χ1n) is 17.9. The molecule has 1 aromatic carbocycles. The van der Waals surface area contributed by atoms with Crippen molar-refractivity contribution >= 4 is 5.97 Å². The zero-order chi connectivity index (χ0) is 30.8. The summed E-state index contributed by atoms with van der Waals surface area (Å²) in [5.41, 5.74) is 1.33. The van der Waals surface area contributed by atoms with Crippen LogP contribution in [0.2, 0.25) is 0 Å². The second kappa shape index (κ2) is 25.6. The summed E-state index contributed by atoms with van der Waals surface area (Å²) in [5.74, 6) is -1.80. The Morgan fingerprint density at radius 2 is 0.857 bits per heavy atom. The van der Waals surface area contributed by atoms with Crippen molar-refractivity contribution in [2.45, 2.75) is 188 Å². The van der Waals surface area contributed by atoms with E-state index in [2.05, 4.69) is 20.8 Å². The smallest absolute Gasteiger partial charge is 0.339 e. The second-order valence-electron chi connectivity index (χ2n) is 12.4. The van der Waals surface area contributed by atoms with Gasteiger partial charge in [-0.1, -0.05) is 156 Å². The second-order valence-corrected chi connectivity index (χ2v) is 12.4. The molecule has 0 atom stereocenters. The molecule has 0 fully saturated rings. The molecule has 0 radical (unpaired) electrons. The number of carbonyl (C=O) groups is 1. The Hall–Kier alpha value is -1.91. The number of carboxylic acid groups (broad SMARTS) is 1. The van der Waals surface area contributed by atoms with Crippen molar-refractivity contribution in [3.05, 3.63) is 16.7 Å². The van der Waals surface area contributed by atoms with Crippen LogP contribution in [0.4, 0.5) is 0 Å². The minimum absolute atomic E-state index is 0.135. The predicted molar refractivity (Wildman–Crippen MR) is 177 cm³/mol. The molecule has 0 aliphatic carbocycles. The van der Waals surface area contributed by atoms with Gasteiger partial charge >= 0.3 is 5.97 Å². The first-order valence-corrected chi connectivity index (χ1v) is 17.9. The van der Waals surface area contributed by atoms with E-state index in [1.807, 2.05) is 0 Å². The third-order valence-electron chi connectivity index (χ3n) is 8.64. The fourth-order valence-electron chi connectivity index (χ4n) is 6.01. The minimum atomic E-state index is -1.18. The molecule has 0 spiro atoms. The molecule has 0 unspecified atom stereocenters. The van der Waals surface area contributed by atoms with Gasteiger partial charge in [0.1, 0.15) is 5.56 Å². The first-order chi connectivity index (χ1) is 20.5. The molecule has 5 heteroatoms. The molecule has 0 saturated heterocycles. The van der Waals surface area contributed by atoms with E-state index in [-0.39, 0.29) is 5.56 Å². The molecule has 1 rings (SSSR count). The molecular formula is C37H66O5. The molecule has 0 aliphatic heterocycles. The maximum Gasteiger partial charge on any atom is 0.339 e. The molecule has 42 heavy (non-hydrogen) atoms. The van der Waals surface area contributed by atoms with Crippen molar-refractivity contribution in [1.82, 2.24) is 0 Å². The van der Waals surface area contributed by atoms with Crippen LogP contribution in [0.5, 0.6) is 17.2 Å². The van der Waals surface area contributed by atoms with Gasteiger partial charge in [-0.25, -0.2) is 4.79 Å². The fourth-order valence-corrected chi connectivity index (χ4v) is 6.01. The molecule has 244 valence electrons. The number of benzene rings is 1. The van der Waals surface area contributed by atoms with Gasteiger partial charge in [0.05, 0.1) is 6.61 Å². The summed E-state index contributed by atoms with van der Waals surface area (Å²) in [7, 11) is 0. The van der Waals surface area contributed by atoms with Gasteiger partial charge in [0.15, 0.2) is 11.5 Å². The SMILES string of the molecule is CCCCCCCCCCOc1c(O)c(O)c(C(=O)O)c(CCCCCCCCCC)c1CCCCCCCCCC. The van der Waals surface area contributed by atoms with Crippen LogP contribution in [-0.4, -0.2) is 27.9 Å². The zero-order valence-electron chi connectivity index (χ0n) is 27.8. The summed E-state index contributed by atoms with van der Waals surface area (Å²) in [5, 5.41) is 31.8. The lowest BCUT2D eigenvalue weighted by atomic mass is 9.90. The van der Waals surface area contributed by atoms with E-state index < -0.39 is 17.5 Å². The van der Waals surface area contributed by atoms with Gasteiger partial charge in [0.25, 0.3) is 0 Å². The molecular weight excluding hydrogens is 524 g/mol. The Morgan fingerprint density at radius 1 is 0.500 bits per heavy atom. The molecule has 0 saturated carbocycles. The lowest BCUT2D eigenvalue weighted by molar-refractivity contribution is 0.0691. The zero-order valence-corrected chi connectivity index (χ0v) is 27.8. The van der Waals surface area contributed by atoms with Crippen LogP contribution in [0.1, 0.15) is 196 Å². The summed E-state index contributed by atoms with van der Waals surface area (Å²) in [6, 6.07) is 0. The number of hydrogen-bond donors (Lipinski definition) is 3. The summed E-state index contributed by atoms with van der Waals surface area (Å²) in [4.78, 5) is 12.3. The van der Waals surface area contributed by atoms with Crippen molar-refractivity contribution in [3.8, 4) is 17.2 Å². The highest BCUT2D eigenvalue weighted by molar-refractivity contribution is 5.95. The molecule has 0 aliphatic rings. The van der Waals surface area contributed by atoms with Crippen LogP contribution in [0.3, 0.4) is 0 Å². The van der Waals surface area contributed by atoms with Crippen LogP contribution in [0, 0.1) is 0 Å². The first kappa shape index (κ1) is 38.1. The topological polar surface area (TPSA) is 87.0 Å². The van der Waals surface area contributed by atoms with Crippen LogP contribution in [0.15, 0.2) is 0 Å². The van der Waals surface area contributed by atoms with Gasteiger partial charge in [-0.3, -0.25) is 0 Å². The monoisotopic (exact) mass is 590 g/mol. The van der Waals surface area contributed by atoms with E-state index in [1.54, 1.807) is 0 Å². The van der Waals surface area contributed by atoms with Crippen LogP contribution < -0.4 is 4.74 Å². The van der Waals surface area contributed by atoms with Gasteiger partial charge in [-0.2, -0.15) is 0 Å². The minimum Gasteiger partial charge on any atom is -0.504 e. The Labute approximate surface area is 258 Å². The number of phenols is 2. The fraction of sp³-hybridized carbons (Fsp3) is 0.811. The van der Waals surface area contributed by atoms with E-state index in [0.29, 0.717) is 30.8 Å². The summed E-state index contributed by atoms with van der Waals surface area (Å²) >= 11 is 0. The standard InChI is InChI=1S/C37H66O5/c1-4-7-10-13-16-19-22-25-28-31-32(29-26-23-20-17-14-11-8-5-2)36(35(39)34(38)33(31)37(40)41)42-30-27-24-21-18-15-12-9-6-3/h38-39H,4-30H2,1-3H3,(H,40,41). The number of phenolic OH excluding ortho intramolecular Hbond substituents is 1. The van der Waals surface area contributed by atoms with E-state index >= 15 is 0 Å². The summed E-state index contributed by atoms with van der Waals surface area (Å²) < 4.78 is 6.17. The van der Waals surface area contributed by atoms with Crippen LogP contribution in [0.25, 0.3) is 0 Å². The molecule has 0 amide bonds.